The molecule has 8 heterocycles. The quantitative estimate of drug-likeness (QED) is 0.143. The number of carbonyl (C=O) groups excluding carboxylic acids is 2. The monoisotopic (exact) mass is 990 g/mol. The molecule has 10 rings (SSSR count). The van der Waals surface area contributed by atoms with Gasteiger partial charge in [0.1, 0.15) is 20.6 Å². The Hall–Kier alpha value is -5.16. The van der Waals surface area contributed by atoms with Crippen LogP contribution in [-0.4, -0.2) is 99.8 Å². The fourth-order valence-corrected chi connectivity index (χ4v) is 11.3. The van der Waals surface area contributed by atoms with E-state index in [9.17, 15) is 9.59 Å². The van der Waals surface area contributed by atoms with Crippen LogP contribution in [0.4, 0.5) is 0 Å². The van der Waals surface area contributed by atoms with E-state index in [4.69, 9.17) is 19.4 Å². The van der Waals surface area contributed by atoms with Crippen molar-refractivity contribution in [3.63, 3.8) is 0 Å². The summed E-state index contributed by atoms with van der Waals surface area (Å²) in [5, 5.41) is 7.75. The summed E-state index contributed by atoms with van der Waals surface area (Å²) in [5.74, 6) is 0.558. The maximum atomic E-state index is 14.7. The van der Waals surface area contributed by atoms with Gasteiger partial charge < -0.3 is 29.9 Å². The molecule has 6 aromatic rings. The van der Waals surface area contributed by atoms with Crippen LogP contribution in [0.2, 0.25) is 0 Å². The maximum absolute atomic E-state index is 14.7. The van der Waals surface area contributed by atoms with Crippen LogP contribution in [0, 0.1) is 11.8 Å². The number of halogens is 2. The minimum Gasteiger partial charge on any atom is -0.475 e. The Balaban J connectivity index is 0.893. The van der Waals surface area contributed by atoms with E-state index in [2.05, 4.69) is 114 Å². The van der Waals surface area contributed by atoms with E-state index in [1.807, 2.05) is 29.7 Å². The van der Waals surface area contributed by atoms with E-state index in [0.717, 1.165) is 32.4 Å². The van der Waals surface area contributed by atoms with Crippen LogP contribution in [0.25, 0.3) is 11.3 Å². The van der Waals surface area contributed by atoms with Gasteiger partial charge in [0.25, 0.3) is 23.6 Å². The van der Waals surface area contributed by atoms with E-state index in [1.165, 1.54) is 22.3 Å². The number of nitrogens with one attached hydrogen (secondary N) is 2. The molecule has 16 heteroatoms. The lowest BCUT2D eigenvalue weighted by molar-refractivity contribution is 0.0226. The molecule has 332 valence electrons. The molecule has 0 saturated carbocycles. The molecule has 4 aliphatic rings. The number of ether oxygens (including phenoxy) is 2. The molecule has 2 spiro atoms. The van der Waals surface area contributed by atoms with Crippen molar-refractivity contribution in [1.29, 1.82) is 0 Å². The average Bonchev–Trinajstić information content (AvgIpc) is 3.92. The van der Waals surface area contributed by atoms with Crippen LogP contribution in [-0.2, 0) is 25.9 Å². The summed E-state index contributed by atoms with van der Waals surface area (Å²) in [6.45, 7) is 13.9. The van der Waals surface area contributed by atoms with Crippen LogP contribution in [0.3, 0.4) is 0 Å². The molecule has 0 aliphatic carbocycles. The Bertz CT molecular complexity index is 2790. The van der Waals surface area contributed by atoms with E-state index >= 15 is 0 Å². The number of piperidine rings is 2. The molecule has 4 aliphatic heterocycles. The van der Waals surface area contributed by atoms with Crippen molar-refractivity contribution in [2.75, 3.05) is 26.2 Å². The molecule has 2 saturated heterocycles. The zero-order valence-electron chi connectivity index (χ0n) is 36.3. The van der Waals surface area contributed by atoms with Crippen molar-refractivity contribution in [3.8, 4) is 11.8 Å². The molecular weight excluding hydrogens is 940 g/mol. The first kappa shape index (κ1) is 42.8. The van der Waals surface area contributed by atoms with Gasteiger partial charge in [-0.1, -0.05) is 61.5 Å². The number of amides is 2. The predicted molar refractivity (Wildman–Crippen MR) is 249 cm³/mol. The number of aromatic nitrogens is 6. The summed E-state index contributed by atoms with van der Waals surface area (Å²) in [6.07, 6.45) is 12.7. The largest absolute Gasteiger partial charge is 0.475 e. The predicted octanol–water partition coefficient (Wildman–Crippen LogP) is 7.22. The van der Waals surface area contributed by atoms with Crippen LogP contribution in [0.1, 0.15) is 83.3 Å². The van der Waals surface area contributed by atoms with Gasteiger partial charge >= 0.3 is 0 Å². The van der Waals surface area contributed by atoms with Gasteiger partial charge in [0, 0.05) is 87.0 Å². The number of rotatable bonds is 9. The molecule has 64 heavy (non-hydrogen) atoms. The van der Waals surface area contributed by atoms with Crippen molar-refractivity contribution in [1.82, 2.24) is 49.2 Å². The van der Waals surface area contributed by atoms with Crippen molar-refractivity contribution in [2.24, 2.45) is 11.8 Å². The number of hydrogen-bond acceptors (Lipinski definition) is 10. The average molecular weight is 993 g/mol. The molecule has 0 radical (unpaired) electrons. The number of hydrogen-bond donors (Lipinski definition) is 2. The summed E-state index contributed by atoms with van der Waals surface area (Å²) in [5.41, 5.74) is 6.52. The van der Waals surface area contributed by atoms with Gasteiger partial charge in [-0.3, -0.25) is 18.4 Å². The Kier molecular flexibility index (Phi) is 11.4. The highest BCUT2D eigenvalue weighted by molar-refractivity contribution is 9.10. The van der Waals surface area contributed by atoms with Gasteiger partial charge in [-0.2, -0.15) is 0 Å². The number of imidazole rings is 2. The maximum Gasteiger partial charge on any atom is 0.274 e. The zero-order valence-corrected chi connectivity index (χ0v) is 39.4. The summed E-state index contributed by atoms with van der Waals surface area (Å²) in [7, 11) is 0. The molecule has 5 atom stereocenters. The van der Waals surface area contributed by atoms with Gasteiger partial charge in [-0.15, -0.1) is 6.58 Å². The fourth-order valence-electron chi connectivity index (χ4n) is 10.6. The van der Waals surface area contributed by atoms with Crippen LogP contribution >= 0.6 is 31.9 Å². The molecule has 2 fully saturated rings. The lowest BCUT2D eigenvalue weighted by Crippen LogP contribution is -2.65. The molecule has 2 aromatic carbocycles. The molecule has 14 nitrogen and oxygen atoms in total. The second kappa shape index (κ2) is 17.0. The third kappa shape index (κ3) is 7.89. The number of nitrogens with zero attached hydrogens (tertiary/aromatic N) is 8. The zero-order chi connectivity index (χ0) is 44.3. The molecule has 4 aromatic heterocycles. The Labute approximate surface area is 389 Å². The van der Waals surface area contributed by atoms with Gasteiger partial charge in [0.15, 0.2) is 0 Å². The fraction of sp³-hybridized carbons (Fsp3) is 0.417. The van der Waals surface area contributed by atoms with Crippen molar-refractivity contribution in [3.05, 3.63) is 129 Å². The van der Waals surface area contributed by atoms with Crippen molar-refractivity contribution in [2.45, 2.75) is 89.2 Å². The van der Waals surface area contributed by atoms with E-state index < -0.39 is 0 Å². The molecule has 1 unspecified atom stereocenters. The minimum absolute atomic E-state index is 0.0361. The normalized spacial score (nSPS) is 24.3. The number of benzene rings is 2. The lowest BCUT2D eigenvalue weighted by atomic mass is 9.68. The standard InChI is InChI=1S/C48H52Br2N10O4/c1-5-35-24-60(46(62)38-26-59-28-40(50)56-44(42(59)54-38)64-29(2)3)36(20-48(35)19-32-11-7-9-13-34(32)22-52-48)14-17-63-43-41-53-37(25-58(41)27-39(49)55-43)45(61)57-16-15-47(30(4)23-57)18-31-10-6-8-12-33(31)21-51-47/h5-13,25-30,35-36,51-52H,1,14-24H2,2-4H3/t30-,35-,36?,47+,48-/m1/s1. The first-order chi connectivity index (χ1) is 30.9. The number of carbonyl (C=O) groups is 2. The summed E-state index contributed by atoms with van der Waals surface area (Å²) < 4.78 is 17.2. The second-order valence-electron chi connectivity index (χ2n) is 18.2. The Morgan fingerprint density at radius 1 is 0.812 bits per heavy atom. The van der Waals surface area contributed by atoms with E-state index in [-0.39, 0.29) is 53.5 Å². The second-order valence-corrected chi connectivity index (χ2v) is 19.9. The lowest BCUT2D eigenvalue weighted by Gasteiger charge is -2.53. The van der Waals surface area contributed by atoms with Crippen LogP contribution in [0.5, 0.6) is 11.8 Å². The van der Waals surface area contributed by atoms with Gasteiger partial charge in [0.05, 0.1) is 12.7 Å². The topological polar surface area (TPSA) is 144 Å². The highest BCUT2D eigenvalue weighted by Gasteiger charge is 2.49. The third-order valence-corrected chi connectivity index (χ3v) is 14.7. The molecule has 0 bridgehead atoms. The first-order valence-electron chi connectivity index (χ1n) is 22.2. The molecular formula is C48H52Br2N10O4. The number of fused-ring (bicyclic) bond motifs is 4. The van der Waals surface area contributed by atoms with Crippen molar-refractivity contribution >= 4 is 55.0 Å². The summed E-state index contributed by atoms with van der Waals surface area (Å²) >= 11 is 7.05. The Morgan fingerprint density at radius 3 is 2.02 bits per heavy atom. The van der Waals surface area contributed by atoms with Crippen LogP contribution < -0.4 is 20.1 Å². The summed E-state index contributed by atoms with van der Waals surface area (Å²) in [4.78, 5) is 51.5. The smallest absolute Gasteiger partial charge is 0.274 e. The third-order valence-electron chi connectivity index (χ3n) is 14.0. The van der Waals surface area contributed by atoms with E-state index in [0.29, 0.717) is 76.1 Å². The van der Waals surface area contributed by atoms with Crippen LogP contribution in [0.15, 0.2) is 95.2 Å². The van der Waals surface area contributed by atoms with Gasteiger partial charge in [-0.05, 0) is 99.6 Å². The van der Waals surface area contributed by atoms with Crippen molar-refractivity contribution < 1.29 is 19.1 Å². The highest BCUT2D eigenvalue weighted by Crippen LogP contribution is 2.41. The number of likely N-dealkylation sites (tertiary alicyclic amines) is 2. The molecule has 2 N–H and O–H groups in total. The van der Waals surface area contributed by atoms with Gasteiger partial charge in [-0.25, -0.2) is 19.9 Å². The minimum atomic E-state index is -0.327. The summed E-state index contributed by atoms with van der Waals surface area (Å²) in [6, 6.07) is 17.0. The first-order valence-corrected chi connectivity index (χ1v) is 23.8. The Morgan fingerprint density at radius 2 is 1.39 bits per heavy atom. The molecule has 2 amide bonds. The highest BCUT2D eigenvalue weighted by atomic mass is 79.9. The van der Waals surface area contributed by atoms with E-state index in [1.54, 1.807) is 33.6 Å². The SMILES string of the molecule is C=C[C@@H]1CN(C(=O)c2cn3cc(Br)nc(OC(C)C)c3n2)C(CCOc2nc(Br)cn3cc(C(=O)N4CC[C@]5(Cc6ccccc6CN5)[C@H](C)C4)nc23)C[C@]12Cc1ccccc1CN2. The van der Waals surface area contributed by atoms with Gasteiger partial charge in [0.2, 0.25) is 11.3 Å².